The summed E-state index contributed by atoms with van der Waals surface area (Å²) in [5, 5.41) is 1.40. The van der Waals surface area contributed by atoms with Crippen LogP contribution < -0.4 is 5.56 Å². The molecule has 0 aliphatic rings. The SMILES string of the molecule is O=c1c2c(ncn2-c2ccoc2)nc(-c2ccc(Cl)cc2Cl)n1-c1ccc(Cl)cc1. The fourth-order valence-electron chi connectivity index (χ4n) is 3.24. The molecule has 0 atom stereocenters. The largest absolute Gasteiger partial charge is 0.470 e. The van der Waals surface area contributed by atoms with Crippen LogP contribution in [0.15, 0.2) is 76.6 Å². The molecule has 0 N–H and O–H groups in total. The van der Waals surface area contributed by atoms with Gasteiger partial charge < -0.3 is 4.42 Å². The van der Waals surface area contributed by atoms with Gasteiger partial charge in [0, 0.05) is 21.7 Å². The Morgan fingerprint density at radius 2 is 1.67 bits per heavy atom. The predicted octanol–water partition coefficient (Wildman–Crippen LogP) is 5.79. The van der Waals surface area contributed by atoms with Gasteiger partial charge in [-0.2, -0.15) is 0 Å². The van der Waals surface area contributed by atoms with Gasteiger partial charge in [-0.3, -0.25) is 13.9 Å². The fraction of sp³-hybridized carbons (Fsp3) is 0. The maximum absolute atomic E-state index is 13.7. The number of hydrogen-bond donors (Lipinski definition) is 0. The summed E-state index contributed by atoms with van der Waals surface area (Å²) < 4.78 is 8.26. The zero-order chi connectivity index (χ0) is 20.8. The molecule has 0 saturated carbocycles. The van der Waals surface area contributed by atoms with Crippen LogP contribution in [0.4, 0.5) is 0 Å². The molecule has 0 bridgehead atoms. The first-order valence-electron chi connectivity index (χ1n) is 8.77. The molecule has 0 saturated heterocycles. The topological polar surface area (TPSA) is 65.8 Å². The van der Waals surface area contributed by atoms with Gasteiger partial charge in [0.05, 0.1) is 22.7 Å². The smallest absolute Gasteiger partial charge is 0.285 e. The van der Waals surface area contributed by atoms with E-state index in [0.717, 1.165) is 0 Å². The molecule has 2 aromatic carbocycles. The van der Waals surface area contributed by atoms with Gasteiger partial charge in [0.2, 0.25) is 0 Å². The summed E-state index contributed by atoms with van der Waals surface area (Å²) in [6, 6.07) is 13.6. The van der Waals surface area contributed by atoms with Gasteiger partial charge >= 0.3 is 0 Å². The number of hydrogen-bond acceptors (Lipinski definition) is 4. The van der Waals surface area contributed by atoms with Crippen molar-refractivity contribution in [2.75, 3.05) is 0 Å². The second-order valence-electron chi connectivity index (χ2n) is 6.44. The van der Waals surface area contributed by atoms with Crippen LogP contribution in [0, 0.1) is 0 Å². The van der Waals surface area contributed by atoms with E-state index in [0.29, 0.717) is 43.3 Å². The standard InChI is InChI=1S/C21H11Cl3N4O2/c22-12-1-4-14(5-2-12)28-20(16-6-3-13(23)9-17(16)24)26-19-18(21(28)29)27(11-25-19)15-7-8-30-10-15/h1-11H. The summed E-state index contributed by atoms with van der Waals surface area (Å²) in [4.78, 5) is 22.7. The summed E-state index contributed by atoms with van der Waals surface area (Å²) in [7, 11) is 0. The van der Waals surface area contributed by atoms with Crippen molar-refractivity contribution < 1.29 is 4.42 Å². The summed E-state index contributed by atoms with van der Waals surface area (Å²) >= 11 is 18.5. The molecule has 5 aromatic rings. The van der Waals surface area contributed by atoms with E-state index in [9.17, 15) is 4.79 Å². The number of aromatic nitrogens is 4. The number of furan rings is 1. The highest BCUT2D eigenvalue weighted by Gasteiger charge is 2.20. The third-order valence-corrected chi connectivity index (χ3v) is 5.42. The van der Waals surface area contributed by atoms with Crippen molar-refractivity contribution in [2.45, 2.75) is 0 Å². The lowest BCUT2D eigenvalue weighted by molar-refractivity contribution is 0.566. The Balaban J connectivity index is 1.88. The number of fused-ring (bicyclic) bond motifs is 1. The molecule has 0 unspecified atom stereocenters. The first kappa shape index (κ1) is 18.9. The van der Waals surface area contributed by atoms with E-state index in [2.05, 4.69) is 9.97 Å². The van der Waals surface area contributed by atoms with Crippen molar-refractivity contribution in [2.24, 2.45) is 0 Å². The Labute approximate surface area is 184 Å². The highest BCUT2D eigenvalue weighted by atomic mass is 35.5. The van der Waals surface area contributed by atoms with Crippen molar-refractivity contribution >= 4 is 46.0 Å². The van der Waals surface area contributed by atoms with Crippen LogP contribution in [0.2, 0.25) is 15.1 Å². The molecule has 0 fully saturated rings. The Kier molecular flexibility index (Phi) is 4.62. The summed E-state index contributed by atoms with van der Waals surface area (Å²) in [6.45, 7) is 0. The Bertz CT molecular complexity index is 1440. The maximum Gasteiger partial charge on any atom is 0.285 e. The number of imidazole rings is 1. The van der Waals surface area contributed by atoms with Crippen molar-refractivity contribution in [3.05, 3.63) is 92.8 Å². The van der Waals surface area contributed by atoms with Crippen molar-refractivity contribution in [3.8, 4) is 22.8 Å². The molecule has 0 aliphatic heterocycles. The van der Waals surface area contributed by atoms with E-state index >= 15 is 0 Å². The molecule has 3 heterocycles. The highest BCUT2D eigenvalue weighted by Crippen LogP contribution is 2.31. The van der Waals surface area contributed by atoms with Crippen LogP contribution in [0.5, 0.6) is 0 Å². The average Bonchev–Trinajstić information content (AvgIpc) is 3.38. The third kappa shape index (κ3) is 3.10. The first-order chi connectivity index (χ1) is 14.5. The van der Waals surface area contributed by atoms with Gasteiger partial charge in [0.1, 0.15) is 12.6 Å². The van der Waals surface area contributed by atoms with E-state index in [1.165, 1.54) is 23.4 Å². The minimum Gasteiger partial charge on any atom is -0.470 e. The van der Waals surface area contributed by atoms with Crippen molar-refractivity contribution in [1.29, 1.82) is 0 Å². The molecule has 0 radical (unpaired) electrons. The summed E-state index contributed by atoms with van der Waals surface area (Å²) in [5.41, 5.74) is 2.07. The lowest BCUT2D eigenvalue weighted by atomic mass is 10.2. The molecular formula is C21H11Cl3N4O2. The van der Waals surface area contributed by atoms with E-state index in [1.54, 1.807) is 53.1 Å². The van der Waals surface area contributed by atoms with Crippen molar-refractivity contribution in [3.63, 3.8) is 0 Å². The normalized spacial score (nSPS) is 11.3. The number of nitrogens with zero attached hydrogens (tertiary/aromatic N) is 4. The van der Waals surface area contributed by atoms with Crippen LogP contribution in [-0.4, -0.2) is 19.1 Å². The molecule has 0 spiro atoms. The highest BCUT2D eigenvalue weighted by molar-refractivity contribution is 6.36. The Morgan fingerprint density at radius 3 is 2.37 bits per heavy atom. The molecule has 148 valence electrons. The zero-order valence-electron chi connectivity index (χ0n) is 15.1. The summed E-state index contributed by atoms with van der Waals surface area (Å²) in [5.74, 6) is 0.342. The van der Waals surface area contributed by atoms with Crippen LogP contribution in [0.25, 0.3) is 33.9 Å². The minimum atomic E-state index is -0.318. The van der Waals surface area contributed by atoms with Crippen LogP contribution in [-0.2, 0) is 0 Å². The predicted molar refractivity (Wildman–Crippen MR) is 117 cm³/mol. The monoisotopic (exact) mass is 456 g/mol. The second kappa shape index (κ2) is 7.32. The van der Waals surface area contributed by atoms with Gasteiger partial charge in [0.15, 0.2) is 17.0 Å². The molecule has 6 nitrogen and oxygen atoms in total. The average molecular weight is 458 g/mol. The van der Waals surface area contributed by atoms with Crippen LogP contribution in [0.1, 0.15) is 0 Å². The van der Waals surface area contributed by atoms with Gasteiger partial charge in [-0.15, -0.1) is 0 Å². The molecule has 0 aliphatic carbocycles. The third-order valence-electron chi connectivity index (χ3n) is 4.62. The molecule has 9 heteroatoms. The van der Waals surface area contributed by atoms with Crippen molar-refractivity contribution in [1.82, 2.24) is 19.1 Å². The lowest BCUT2D eigenvalue weighted by Crippen LogP contribution is -2.23. The quantitative estimate of drug-likeness (QED) is 0.344. The van der Waals surface area contributed by atoms with Gasteiger partial charge in [-0.1, -0.05) is 34.8 Å². The van der Waals surface area contributed by atoms with E-state index in [1.807, 2.05) is 0 Å². The van der Waals surface area contributed by atoms with Gasteiger partial charge in [-0.25, -0.2) is 9.97 Å². The number of benzene rings is 2. The van der Waals surface area contributed by atoms with E-state index in [-0.39, 0.29) is 11.2 Å². The molecular weight excluding hydrogens is 447 g/mol. The Hall–Kier alpha value is -3.06. The lowest BCUT2D eigenvalue weighted by Gasteiger charge is -2.14. The number of rotatable bonds is 3. The fourth-order valence-corrected chi connectivity index (χ4v) is 3.86. The van der Waals surface area contributed by atoms with Gasteiger partial charge in [0.25, 0.3) is 5.56 Å². The molecule has 30 heavy (non-hydrogen) atoms. The maximum atomic E-state index is 13.7. The second-order valence-corrected chi connectivity index (χ2v) is 7.72. The zero-order valence-corrected chi connectivity index (χ0v) is 17.4. The van der Waals surface area contributed by atoms with Gasteiger partial charge in [-0.05, 0) is 42.5 Å². The number of halogens is 3. The molecule has 5 rings (SSSR count). The van der Waals surface area contributed by atoms with Crippen LogP contribution in [0.3, 0.4) is 0 Å². The Morgan fingerprint density at radius 1 is 0.900 bits per heavy atom. The molecule has 0 amide bonds. The first-order valence-corrected chi connectivity index (χ1v) is 9.90. The minimum absolute atomic E-state index is 0.285. The van der Waals surface area contributed by atoms with E-state index < -0.39 is 0 Å². The van der Waals surface area contributed by atoms with E-state index in [4.69, 9.17) is 39.2 Å². The molecule has 3 aromatic heterocycles. The summed E-state index contributed by atoms with van der Waals surface area (Å²) in [6.07, 6.45) is 4.58. The van der Waals surface area contributed by atoms with Crippen LogP contribution >= 0.6 is 34.8 Å².